The third-order valence-corrected chi connectivity index (χ3v) is 3.43. The third-order valence-electron chi connectivity index (χ3n) is 3.43. The molecule has 0 amide bonds. The van der Waals surface area contributed by atoms with Crippen LogP contribution in [0.15, 0.2) is 11.3 Å². The minimum atomic E-state index is -1.75. The Bertz CT molecular complexity index is 593. The van der Waals surface area contributed by atoms with Gasteiger partial charge in [0.2, 0.25) is 6.23 Å². The molecule has 106 valence electrons. The molecule has 1 aromatic rings. The van der Waals surface area contributed by atoms with Gasteiger partial charge in [0.25, 0.3) is 0 Å². The van der Waals surface area contributed by atoms with Crippen molar-refractivity contribution in [1.29, 1.82) is 0 Å². The number of nitrogens with two attached hydrogens (primary N) is 1. The van der Waals surface area contributed by atoms with E-state index in [1.165, 1.54) is 17.2 Å². The first-order valence-electron chi connectivity index (χ1n) is 6.07. The van der Waals surface area contributed by atoms with Gasteiger partial charge in [0, 0.05) is 0 Å². The molecule has 0 bridgehead atoms. The molecule has 1 fully saturated rings. The van der Waals surface area contributed by atoms with Crippen LogP contribution in [0.2, 0.25) is 0 Å². The van der Waals surface area contributed by atoms with Crippen LogP contribution in [0, 0.1) is 6.57 Å². The standard InChI is InChI=1S/C11H14N6O3/c1-13-11(19)2-6(3-18)20-10(11)17-5-16-7-8(12)14-4-15-9(7)17/h4-6,8,10,18-19H,2-3,12H2,(H,14,15). The Balaban J connectivity index is 2.00. The number of aliphatic hydroxyl groups excluding tert-OH is 1. The van der Waals surface area contributed by atoms with Gasteiger partial charge < -0.3 is 26.0 Å². The van der Waals surface area contributed by atoms with Gasteiger partial charge in [0.05, 0.1) is 31.8 Å². The van der Waals surface area contributed by atoms with E-state index in [9.17, 15) is 5.11 Å². The number of aromatic nitrogens is 2. The predicted octanol–water partition coefficient (Wildman–Crippen LogP) is -0.818. The van der Waals surface area contributed by atoms with Crippen molar-refractivity contribution in [3.63, 3.8) is 0 Å². The van der Waals surface area contributed by atoms with Crippen molar-refractivity contribution >= 4 is 12.2 Å². The summed E-state index contributed by atoms with van der Waals surface area (Å²) in [6.07, 6.45) is 0.754. The highest BCUT2D eigenvalue weighted by Crippen LogP contribution is 2.41. The summed E-state index contributed by atoms with van der Waals surface area (Å²) in [4.78, 5) is 11.4. The first-order chi connectivity index (χ1) is 9.59. The first kappa shape index (κ1) is 13.0. The molecule has 0 spiro atoms. The molecule has 9 nitrogen and oxygen atoms in total. The fourth-order valence-corrected chi connectivity index (χ4v) is 2.44. The van der Waals surface area contributed by atoms with Crippen molar-refractivity contribution < 1.29 is 14.9 Å². The second kappa shape index (κ2) is 4.53. The number of hydrogen-bond acceptors (Lipinski definition) is 7. The topological polar surface area (TPSA) is 122 Å². The Hall–Kier alpha value is -1.99. The van der Waals surface area contributed by atoms with E-state index in [4.69, 9.17) is 22.1 Å². The Kier molecular flexibility index (Phi) is 2.95. The number of anilines is 1. The van der Waals surface area contributed by atoms with Crippen LogP contribution in [0.4, 0.5) is 5.82 Å². The van der Waals surface area contributed by atoms with Crippen LogP contribution in [0.5, 0.6) is 0 Å². The monoisotopic (exact) mass is 278 g/mol. The van der Waals surface area contributed by atoms with Gasteiger partial charge >= 0.3 is 5.72 Å². The second-order valence-corrected chi connectivity index (χ2v) is 4.74. The van der Waals surface area contributed by atoms with Crippen LogP contribution >= 0.6 is 0 Å². The molecule has 3 heterocycles. The number of aliphatic hydroxyl groups is 2. The van der Waals surface area contributed by atoms with Crippen LogP contribution in [0.1, 0.15) is 24.5 Å². The lowest BCUT2D eigenvalue weighted by Gasteiger charge is -2.22. The molecule has 20 heavy (non-hydrogen) atoms. The number of nitrogens with zero attached hydrogens (tertiary/aromatic N) is 4. The molecular weight excluding hydrogens is 264 g/mol. The van der Waals surface area contributed by atoms with E-state index in [2.05, 4.69) is 20.1 Å². The lowest BCUT2D eigenvalue weighted by molar-refractivity contribution is -0.0753. The molecule has 4 atom stereocenters. The number of imidazole rings is 1. The van der Waals surface area contributed by atoms with E-state index >= 15 is 0 Å². The van der Waals surface area contributed by atoms with E-state index in [1.54, 1.807) is 0 Å². The maximum absolute atomic E-state index is 10.4. The zero-order valence-corrected chi connectivity index (χ0v) is 10.5. The van der Waals surface area contributed by atoms with E-state index in [1.807, 2.05) is 0 Å². The molecule has 3 rings (SSSR count). The molecule has 0 saturated carbocycles. The molecule has 4 unspecified atom stereocenters. The number of rotatable bonds is 2. The highest BCUT2D eigenvalue weighted by atomic mass is 16.6. The minimum Gasteiger partial charge on any atom is -0.394 e. The van der Waals surface area contributed by atoms with Gasteiger partial charge in [-0.05, 0) is 0 Å². The number of ether oxygens (including phenoxy) is 1. The lowest BCUT2D eigenvalue weighted by Crippen LogP contribution is -2.32. The van der Waals surface area contributed by atoms with Gasteiger partial charge in [-0.15, -0.1) is 0 Å². The Morgan fingerprint density at radius 1 is 1.70 bits per heavy atom. The third kappa shape index (κ3) is 1.78. The molecule has 0 radical (unpaired) electrons. The van der Waals surface area contributed by atoms with Crippen LogP contribution in [0.25, 0.3) is 4.85 Å². The van der Waals surface area contributed by atoms with Crippen molar-refractivity contribution in [2.24, 2.45) is 10.7 Å². The predicted molar refractivity (Wildman–Crippen MR) is 68.4 cm³/mol. The fourth-order valence-electron chi connectivity index (χ4n) is 2.44. The normalized spacial score (nSPS) is 35.4. The van der Waals surface area contributed by atoms with Crippen LogP contribution < -0.4 is 11.1 Å². The van der Waals surface area contributed by atoms with Crippen molar-refractivity contribution in [3.05, 3.63) is 23.4 Å². The molecule has 0 aliphatic carbocycles. The zero-order valence-electron chi connectivity index (χ0n) is 10.5. The molecule has 0 aromatic carbocycles. The quantitative estimate of drug-likeness (QED) is 0.524. The smallest absolute Gasteiger partial charge is 0.382 e. The number of hydrogen-bond donors (Lipinski definition) is 4. The Morgan fingerprint density at radius 2 is 2.50 bits per heavy atom. The molecular formula is C11H14N6O3. The van der Waals surface area contributed by atoms with Gasteiger partial charge in [-0.25, -0.2) is 11.6 Å². The van der Waals surface area contributed by atoms with Gasteiger partial charge in [-0.1, -0.05) is 0 Å². The van der Waals surface area contributed by atoms with Crippen LogP contribution in [-0.4, -0.2) is 44.5 Å². The number of fused-ring (bicyclic) bond motifs is 1. The summed E-state index contributed by atoms with van der Waals surface area (Å²) in [5, 5.41) is 22.4. The second-order valence-electron chi connectivity index (χ2n) is 4.74. The summed E-state index contributed by atoms with van der Waals surface area (Å²) < 4.78 is 7.05. The SMILES string of the molecule is [C-]#[N+]C1(O)CC(CO)OC1n1cnc2c1NC=NC2N. The van der Waals surface area contributed by atoms with Gasteiger partial charge in [0.1, 0.15) is 17.7 Å². The summed E-state index contributed by atoms with van der Waals surface area (Å²) in [7, 11) is 0. The molecule has 2 aliphatic rings. The average Bonchev–Trinajstić information content (AvgIpc) is 3.01. The molecule has 1 aromatic heterocycles. The van der Waals surface area contributed by atoms with Crippen LogP contribution in [-0.2, 0) is 4.74 Å². The largest absolute Gasteiger partial charge is 0.394 e. The van der Waals surface area contributed by atoms with Gasteiger partial charge in [0.15, 0.2) is 0 Å². The average molecular weight is 278 g/mol. The highest BCUT2D eigenvalue weighted by Gasteiger charge is 2.56. The Labute approximate surface area is 114 Å². The molecule has 2 aliphatic heterocycles. The van der Waals surface area contributed by atoms with E-state index < -0.39 is 24.2 Å². The van der Waals surface area contributed by atoms with E-state index in [-0.39, 0.29) is 13.0 Å². The molecule has 5 N–H and O–H groups in total. The summed E-state index contributed by atoms with van der Waals surface area (Å²) in [6, 6.07) is 0. The summed E-state index contributed by atoms with van der Waals surface area (Å²) in [5.41, 5.74) is 4.56. The minimum absolute atomic E-state index is 0.0325. The fraction of sp³-hybridized carbons (Fsp3) is 0.545. The van der Waals surface area contributed by atoms with E-state index in [0.29, 0.717) is 11.5 Å². The van der Waals surface area contributed by atoms with Gasteiger partial charge in [-0.3, -0.25) is 14.4 Å². The summed E-state index contributed by atoms with van der Waals surface area (Å²) >= 11 is 0. The lowest BCUT2D eigenvalue weighted by atomic mass is 10.1. The van der Waals surface area contributed by atoms with E-state index in [0.717, 1.165) is 0 Å². The van der Waals surface area contributed by atoms with Crippen LogP contribution in [0.3, 0.4) is 0 Å². The summed E-state index contributed by atoms with van der Waals surface area (Å²) in [6.45, 7) is 6.92. The highest BCUT2D eigenvalue weighted by molar-refractivity contribution is 5.78. The first-order valence-corrected chi connectivity index (χ1v) is 6.07. The van der Waals surface area contributed by atoms with Crippen molar-refractivity contribution in [2.75, 3.05) is 11.9 Å². The summed E-state index contributed by atoms with van der Waals surface area (Å²) in [5.74, 6) is 0.526. The van der Waals surface area contributed by atoms with Gasteiger partial charge in [-0.2, -0.15) is 0 Å². The van der Waals surface area contributed by atoms with Crippen molar-refractivity contribution in [2.45, 2.75) is 30.6 Å². The maximum Gasteiger partial charge on any atom is 0.382 e. The van der Waals surface area contributed by atoms with Crippen molar-refractivity contribution in [3.8, 4) is 0 Å². The number of aliphatic imine (C=N–C) groups is 1. The zero-order chi connectivity index (χ0) is 14.3. The molecule has 1 saturated heterocycles. The Morgan fingerprint density at radius 3 is 3.20 bits per heavy atom. The number of nitrogens with one attached hydrogen (secondary N) is 1. The van der Waals surface area contributed by atoms with Crippen molar-refractivity contribution in [1.82, 2.24) is 9.55 Å². The molecule has 9 heteroatoms. The maximum atomic E-state index is 10.4.